The molecule has 3 rings (SSSR count). The molecule has 0 atom stereocenters. The Morgan fingerprint density at radius 3 is 2.79 bits per heavy atom. The summed E-state index contributed by atoms with van der Waals surface area (Å²) in [4.78, 5) is 12.4. The molecule has 0 bridgehead atoms. The third kappa shape index (κ3) is 1.96. The smallest absolute Gasteiger partial charge is 0.298 e. The molecule has 3 aromatic rings. The SMILES string of the molecule is NCCc1cn(C(=O)c2ccco2)c2ccccc12. The lowest BCUT2D eigenvalue weighted by molar-refractivity contribution is 0.0937. The predicted octanol–water partition coefficient (Wildman–Crippen LogP) is 2.42. The summed E-state index contributed by atoms with van der Waals surface area (Å²) in [5.74, 6) is 0.171. The maximum atomic E-state index is 12.4. The molecule has 0 saturated carbocycles. The monoisotopic (exact) mass is 254 g/mol. The third-order valence-electron chi connectivity index (χ3n) is 3.16. The summed E-state index contributed by atoms with van der Waals surface area (Å²) >= 11 is 0. The molecule has 4 nitrogen and oxygen atoms in total. The Morgan fingerprint density at radius 1 is 1.21 bits per heavy atom. The van der Waals surface area contributed by atoms with Crippen molar-refractivity contribution in [3.8, 4) is 0 Å². The summed E-state index contributed by atoms with van der Waals surface area (Å²) in [7, 11) is 0. The number of fused-ring (bicyclic) bond motifs is 1. The van der Waals surface area contributed by atoms with Gasteiger partial charge in [-0.05, 0) is 36.7 Å². The van der Waals surface area contributed by atoms with Crippen LogP contribution >= 0.6 is 0 Å². The van der Waals surface area contributed by atoms with Crippen LogP contribution in [0.4, 0.5) is 0 Å². The fraction of sp³-hybridized carbons (Fsp3) is 0.133. The van der Waals surface area contributed by atoms with E-state index in [1.165, 1.54) is 6.26 Å². The van der Waals surface area contributed by atoms with E-state index in [9.17, 15) is 4.79 Å². The Balaban J connectivity index is 2.16. The minimum atomic E-state index is -0.163. The number of nitrogens with zero attached hydrogens (tertiary/aromatic N) is 1. The number of aromatic nitrogens is 1. The molecule has 19 heavy (non-hydrogen) atoms. The van der Waals surface area contributed by atoms with E-state index in [2.05, 4.69) is 0 Å². The summed E-state index contributed by atoms with van der Waals surface area (Å²) in [6, 6.07) is 11.2. The molecule has 0 fully saturated rings. The molecule has 1 aromatic carbocycles. The second-order valence-electron chi connectivity index (χ2n) is 4.36. The molecule has 4 heteroatoms. The van der Waals surface area contributed by atoms with Gasteiger partial charge in [-0.25, -0.2) is 0 Å². The van der Waals surface area contributed by atoms with Gasteiger partial charge in [0.25, 0.3) is 5.91 Å². The van der Waals surface area contributed by atoms with E-state index in [1.54, 1.807) is 16.7 Å². The number of carbonyl (C=O) groups is 1. The van der Waals surface area contributed by atoms with Crippen LogP contribution in [-0.2, 0) is 6.42 Å². The minimum Gasteiger partial charge on any atom is -0.459 e. The fourth-order valence-corrected chi connectivity index (χ4v) is 2.29. The van der Waals surface area contributed by atoms with Crippen molar-refractivity contribution in [3.05, 3.63) is 60.2 Å². The van der Waals surface area contributed by atoms with E-state index in [-0.39, 0.29) is 5.91 Å². The maximum absolute atomic E-state index is 12.4. The minimum absolute atomic E-state index is 0.163. The molecular weight excluding hydrogens is 240 g/mol. The molecular formula is C15H14N2O2. The second kappa shape index (κ2) is 4.74. The van der Waals surface area contributed by atoms with Crippen molar-refractivity contribution in [1.29, 1.82) is 0 Å². The van der Waals surface area contributed by atoms with Gasteiger partial charge in [0, 0.05) is 11.6 Å². The van der Waals surface area contributed by atoms with Crippen LogP contribution in [0, 0.1) is 0 Å². The molecule has 0 aliphatic rings. The fourth-order valence-electron chi connectivity index (χ4n) is 2.29. The van der Waals surface area contributed by atoms with Gasteiger partial charge in [0.05, 0.1) is 11.8 Å². The van der Waals surface area contributed by atoms with Crippen molar-refractivity contribution >= 4 is 16.8 Å². The van der Waals surface area contributed by atoms with Crippen LogP contribution in [0.2, 0.25) is 0 Å². The van der Waals surface area contributed by atoms with Crippen LogP contribution in [0.3, 0.4) is 0 Å². The van der Waals surface area contributed by atoms with Gasteiger partial charge in [0.1, 0.15) is 0 Å². The van der Waals surface area contributed by atoms with Gasteiger partial charge in [-0.15, -0.1) is 0 Å². The molecule has 0 unspecified atom stereocenters. The zero-order valence-corrected chi connectivity index (χ0v) is 10.4. The number of benzene rings is 1. The highest BCUT2D eigenvalue weighted by Gasteiger charge is 2.16. The Labute approximate surface area is 110 Å². The second-order valence-corrected chi connectivity index (χ2v) is 4.36. The van der Waals surface area contributed by atoms with Gasteiger partial charge in [-0.3, -0.25) is 9.36 Å². The Kier molecular flexibility index (Phi) is 2.93. The van der Waals surface area contributed by atoms with E-state index in [0.29, 0.717) is 12.3 Å². The highest BCUT2D eigenvalue weighted by molar-refractivity contribution is 6.01. The predicted molar refractivity (Wildman–Crippen MR) is 73.1 cm³/mol. The van der Waals surface area contributed by atoms with E-state index < -0.39 is 0 Å². The standard InChI is InChI=1S/C15H14N2O2/c16-8-7-11-10-17(13-5-2-1-4-12(11)13)15(18)14-6-3-9-19-14/h1-6,9-10H,7-8,16H2. The molecule has 2 aromatic heterocycles. The van der Waals surface area contributed by atoms with Crippen LogP contribution in [0.15, 0.2) is 53.3 Å². The van der Waals surface area contributed by atoms with Gasteiger partial charge in [-0.2, -0.15) is 0 Å². The summed E-state index contributed by atoms with van der Waals surface area (Å²) in [6.45, 7) is 0.558. The molecule has 0 aliphatic carbocycles. The average Bonchev–Trinajstić information content (AvgIpc) is 3.07. The number of hydrogen-bond acceptors (Lipinski definition) is 3. The van der Waals surface area contributed by atoms with Crippen molar-refractivity contribution in [2.24, 2.45) is 5.73 Å². The number of para-hydroxylation sites is 1. The Morgan fingerprint density at radius 2 is 2.05 bits per heavy atom. The van der Waals surface area contributed by atoms with Crippen LogP contribution in [0.25, 0.3) is 10.9 Å². The van der Waals surface area contributed by atoms with Crippen LogP contribution in [0.1, 0.15) is 16.1 Å². The molecule has 0 aliphatic heterocycles. The number of nitrogens with two attached hydrogens (primary N) is 1. The van der Waals surface area contributed by atoms with Crippen LogP contribution in [-0.4, -0.2) is 17.0 Å². The van der Waals surface area contributed by atoms with E-state index >= 15 is 0 Å². The molecule has 0 amide bonds. The number of carbonyl (C=O) groups excluding carboxylic acids is 1. The lowest BCUT2D eigenvalue weighted by Gasteiger charge is -2.00. The number of hydrogen-bond donors (Lipinski definition) is 1. The molecule has 0 saturated heterocycles. The first-order chi connectivity index (χ1) is 9.31. The van der Waals surface area contributed by atoms with Gasteiger partial charge in [0.15, 0.2) is 5.76 Å². The first kappa shape index (κ1) is 11.7. The van der Waals surface area contributed by atoms with Gasteiger partial charge >= 0.3 is 0 Å². The average molecular weight is 254 g/mol. The Hall–Kier alpha value is -2.33. The third-order valence-corrected chi connectivity index (χ3v) is 3.16. The van der Waals surface area contributed by atoms with Crippen molar-refractivity contribution in [2.75, 3.05) is 6.54 Å². The van der Waals surface area contributed by atoms with Crippen molar-refractivity contribution in [3.63, 3.8) is 0 Å². The normalized spacial score (nSPS) is 11.0. The molecule has 96 valence electrons. The number of furan rings is 1. The molecule has 0 spiro atoms. The maximum Gasteiger partial charge on any atom is 0.298 e. The molecule has 2 N–H and O–H groups in total. The highest BCUT2D eigenvalue weighted by Crippen LogP contribution is 2.22. The summed E-state index contributed by atoms with van der Waals surface area (Å²) in [5.41, 5.74) is 7.58. The topological polar surface area (TPSA) is 61.2 Å². The zero-order valence-electron chi connectivity index (χ0n) is 10.4. The van der Waals surface area contributed by atoms with Crippen molar-refractivity contribution in [2.45, 2.75) is 6.42 Å². The zero-order chi connectivity index (χ0) is 13.2. The largest absolute Gasteiger partial charge is 0.459 e. The van der Waals surface area contributed by atoms with Gasteiger partial charge < -0.3 is 10.2 Å². The lowest BCUT2D eigenvalue weighted by Crippen LogP contribution is -2.09. The first-order valence-corrected chi connectivity index (χ1v) is 6.18. The summed E-state index contributed by atoms with van der Waals surface area (Å²) in [6.07, 6.45) is 4.10. The molecule has 0 radical (unpaired) electrons. The first-order valence-electron chi connectivity index (χ1n) is 6.18. The van der Waals surface area contributed by atoms with E-state index in [0.717, 1.165) is 22.9 Å². The number of rotatable bonds is 3. The van der Waals surface area contributed by atoms with Gasteiger partial charge in [0.2, 0.25) is 0 Å². The van der Waals surface area contributed by atoms with Crippen molar-refractivity contribution in [1.82, 2.24) is 4.57 Å². The summed E-state index contributed by atoms with van der Waals surface area (Å²) in [5, 5.41) is 1.06. The van der Waals surface area contributed by atoms with E-state index in [4.69, 9.17) is 10.2 Å². The van der Waals surface area contributed by atoms with Crippen LogP contribution < -0.4 is 5.73 Å². The lowest BCUT2D eigenvalue weighted by atomic mass is 10.1. The quantitative estimate of drug-likeness (QED) is 0.780. The Bertz CT molecular complexity index is 711. The van der Waals surface area contributed by atoms with Gasteiger partial charge in [-0.1, -0.05) is 18.2 Å². The molecule has 2 heterocycles. The summed E-state index contributed by atoms with van der Waals surface area (Å²) < 4.78 is 6.80. The van der Waals surface area contributed by atoms with Crippen molar-refractivity contribution < 1.29 is 9.21 Å². The van der Waals surface area contributed by atoms with E-state index in [1.807, 2.05) is 30.5 Å². The highest BCUT2D eigenvalue weighted by atomic mass is 16.3. The van der Waals surface area contributed by atoms with Crippen LogP contribution in [0.5, 0.6) is 0 Å².